The van der Waals surface area contributed by atoms with Gasteiger partial charge in [-0.05, 0) is 93.0 Å². The Bertz CT molecular complexity index is 3000. The molecule has 0 fully saturated rings. The average Bonchev–Trinajstić information content (AvgIpc) is 3.71. The topological polar surface area (TPSA) is 25.6 Å². The van der Waals surface area contributed by atoms with E-state index in [0.29, 0.717) is 0 Å². The van der Waals surface area contributed by atoms with Crippen LogP contribution in [0.2, 0.25) is 0 Å². The standard InChI is InChI=1S/C52H35NO2/c1-51(2)39-18-8-6-16-35(39)37-28-45-43(30-42(37)51)52(40-19-9-12-22-48(40)55-49-23-13-10-20-41(49)52)44-31-50-38(36-17-7-11-21-47(36)54-50)29-46(44)53(45)34-26-24-33(25-27-34)32-14-4-3-5-15-32/h3-31H,1-2H3. The number of ether oxygens (including phenoxy) is 1. The van der Waals surface area contributed by atoms with Crippen molar-refractivity contribution in [1.82, 2.24) is 0 Å². The molecule has 0 bridgehead atoms. The highest BCUT2D eigenvalue weighted by molar-refractivity contribution is 6.09. The van der Waals surface area contributed by atoms with E-state index in [1.54, 1.807) is 0 Å². The molecule has 3 heterocycles. The first-order valence-electron chi connectivity index (χ1n) is 19.1. The second-order valence-corrected chi connectivity index (χ2v) is 15.6. The predicted octanol–water partition coefficient (Wildman–Crippen LogP) is 13.8. The Morgan fingerprint density at radius 2 is 1.02 bits per heavy atom. The molecule has 12 rings (SSSR count). The molecule has 0 amide bonds. The van der Waals surface area contributed by atoms with Gasteiger partial charge in [-0.15, -0.1) is 0 Å². The molecule has 0 N–H and O–H groups in total. The third-order valence-corrected chi connectivity index (χ3v) is 12.5. The van der Waals surface area contributed by atoms with E-state index < -0.39 is 5.41 Å². The Hall–Kier alpha value is -6.84. The van der Waals surface area contributed by atoms with Crippen molar-refractivity contribution >= 4 is 39.0 Å². The number of benzene rings is 8. The fraction of sp³-hybridized carbons (Fsp3) is 0.0769. The van der Waals surface area contributed by atoms with Crippen LogP contribution in [0.5, 0.6) is 11.5 Å². The lowest BCUT2D eigenvalue weighted by atomic mass is 9.60. The third kappa shape index (κ3) is 4.00. The monoisotopic (exact) mass is 705 g/mol. The zero-order chi connectivity index (χ0) is 36.5. The van der Waals surface area contributed by atoms with Crippen LogP contribution in [0.25, 0.3) is 44.2 Å². The first kappa shape index (κ1) is 30.6. The van der Waals surface area contributed by atoms with Crippen molar-refractivity contribution in [3.05, 3.63) is 209 Å². The number of furan rings is 1. The first-order chi connectivity index (χ1) is 27.0. The van der Waals surface area contributed by atoms with E-state index in [4.69, 9.17) is 9.15 Å². The van der Waals surface area contributed by atoms with Gasteiger partial charge in [-0.3, -0.25) is 0 Å². The molecular weight excluding hydrogens is 671 g/mol. The SMILES string of the molecule is CC1(C)c2ccccc2-c2cc3c(cc21)C1(c2ccccc2Oc2ccccc21)c1cc2oc4ccccc4c2cc1N3c1ccc(-c2ccccc2)cc1. The van der Waals surface area contributed by atoms with E-state index in [1.807, 2.05) is 0 Å². The maximum atomic E-state index is 6.78. The maximum Gasteiger partial charge on any atom is 0.135 e. The van der Waals surface area contributed by atoms with E-state index in [1.165, 1.54) is 38.9 Å². The van der Waals surface area contributed by atoms with Gasteiger partial charge in [0.15, 0.2) is 0 Å². The van der Waals surface area contributed by atoms with E-state index in [2.05, 4.69) is 195 Å². The van der Waals surface area contributed by atoms with E-state index in [9.17, 15) is 0 Å². The van der Waals surface area contributed by atoms with Crippen LogP contribution >= 0.6 is 0 Å². The smallest absolute Gasteiger partial charge is 0.135 e. The number of hydrogen-bond acceptors (Lipinski definition) is 3. The van der Waals surface area contributed by atoms with E-state index in [-0.39, 0.29) is 5.41 Å². The molecule has 260 valence electrons. The second kappa shape index (κ2) is 10.9. The van der Waals surface area contributed by atoms with Crippen molar-refractivity contribution in [1.29, 1.82) is 0 Å². The van der Waals surface area contributed by atoms with Crippen LogP contribution in [-0.2, 0) is 10.8 Å². The Morgan fingerprint density at radius 1 is 0.418 bits per heavy atom. The molecule has 0 radical (unpaired) electrons. The summed E-state index contributed by atoms with van der Waals surface area (Å²) in [7, 11) is 0. The summed E-state index contributed by atoms with van der Waals surface area (Å²) in [6, 6.07) is 64.0. The molecule has 55 heavy (non-hydrogen) atoms. The van der Waals surface area contributed by atoms with Crippen LogP contribution < -0.4 is 9.64 Å². The lowest BCUT2D eigenvalue weighted by Gasteiger charge is -2.49. The number of fused-ring (bicyclic) bond motifs is 14. The van der Waals surface area contributed by atoms with Crippen LogP contribution in [0.15, 0.2) is 180 Å². The maximum absolute atomic E-state index is 6.78. The summed E-state index contributed by atoms with van der Waals surface area (Å²) in [6.45, 7) is 4.74. The van der Waals surface area contributed by atoms with Crippen molar-refractivity contribution in [3.8, 4) is 33.8 Å². The molecule has 3 nitrogen and oxygen atoms in total. The molecule has 0 saturated heterocycles. The predicted molar refractivity (Wildman–Crippen MR) is 223 cm³/mol. The highest BCUT2D eigenvalue weighted by Crippen LogP contribution is 2.65. The van der Waals surface area contributed by atoms with Crippen molar-refractivity contribution in [2.45, 2.75) is 24.7 Å². The molecule has 2 aliphatic heterocycles. The van der Waals surface area contributed by atoms with Crippen molar-refractivity contribution < 1.29 is 9.15 Å². The van der Waals surface area contributed by atoms with Gasteiger partial charge < -0.3 is 14.1 Å². The minimum Gasteiger partial charge on any atom is -0.457 e. The van der Waals surface area contributed by atoms with Crippen LogP contribution in [0.3, 0.4) is 0 Å². The van der Waals surface area contributed by atoms with Gasteiger partial charge in [0.2, 0.25) is 0 Å². The highest BCUT2D eigenvalue weighted by atomic mass is 16.5. The summed E-state index contributed by atoms with van der Waals surface area (Å²) in [4.78, 5) is 2.50. The largest absolute Gasteiger partial charge is 0.457 e. The fourth-order valence-corrected chi connectivity index (χ4v) is 10.0. The molecule has 3 aliphatic rings. The van der Waals surface area contributed by atoms with Gasteiger partial charge in [0.05, 0.1) is 16.8 Å². The van der Waals surface area contributed by atoms with Gasteiger partial charge in [0, 0.05) is 33.0 Å². The zero-order valence-electron chi connectivity index (χ0n) is 30.5. The number of hydrogen-bond donors (Lipinski definition) is 0. The third-order valence-electron chi connectivity index (χ3n) is 12.5. The summed E-state index contributed by atoms with van der Waals surface area (Å²) < 4.78 is 13.5. The van der Waals surface area contributed by atoms with Crippen molar-refractivity contribution in [3.63, 3.8) is 0 Å². The van der Waals surface area contributed by atoms with Gasteiger partial charge in [0.1, 0.15) is 22.7 Å². The van der Waals surface area contributed by atoms with Gasteiger partial charge in [-0.25, -0.2) is 0 Å². The lowest BCUT2D eigenvalue weighted by molar-refractivity contribution is 0.434. The molecule has 8 aromatic carbocycles. The van der Waals surface area contributed by atoms with Crippen LogP contribution in [-0.4, -0.2) is 0 Å². The van der Waals surface area contributed by atoms with Crippen LogP contribution in [0, 0.1) is 0 Å². The summed E-state index contributed by atoms with van der Waals surface area (Å²) in [6.07, 6.45) is 0. The second-order valence-electron chi connectivity index (χ2n) is 15.6. The van der Waals surface area contributed by atoms with Crippen LogP contribution in [0.4, 0.5) is 17.1 Å². The Morgan fingerprint density at radius 3 is 1.78 bits per heavy atom. The first-order valence-corrected chi connectivity index (χ1v) is 19.1. The van der Waals surface area contributed by atoms with Crippen molar-refractivity contribution in [2.75, 3.05) is 4.90 Å². The van der Waals surface area contributed by atoms with Crippen molar-refractivity contribution in [2.24, 2.45) is 0 Å². The zero-order valence-corrected chi connectivity index (χ0v) is 30.5. The molecular formula is C52H35NO2. The van der Waals surface area contributed by atoms with Gasteiger partial charge in [-0.2, -0.15) is 0 Å². The van der Waals surface area contributed by atoms with Gasteiger partial charge in [-0.1, -0.05) is 141 Å². The molecule has 1 aromatic heterocycles. The highest BCUT2D eigenvalue weighted by Gasteiger charge is 2.53. The van der Waals surface area contributed by atoms with E-state index >= 15 is 0 Å². The minimum atomic E-state index is -0.719. The van der Waals surface area contributed by atoms with Gasteiger partial charge >= 0.3 is 0 Å². The van der Waals surface area contributed by atoms with Gasteiger partial charge in [0.25, 0.3) is 0 Å². The molecule has 1 spiro atoms. The summed E-state index contributed by atoms with van der Waals surface area (Å²) in [5, 5.41) is 2.21. The number of anilines is 3. The molecule has 3 heteroatoms. The normalized spacial score (nSPS) is 15.1. The Kier molecular flexibility index (Phi) is 6.05. The summed E-state index contributed by atoms with van der Waals surface area (Å²) in [5.74, 6) is 1.73. The average molecular weight is 706 g/mol. The molecule has 0 saturated carbocycles. The summed E-state index contributed by atoms with van der Waals surface area (Å²) >= 11 is 0. The Balaban J connectivity index is 1.25. The number of rotatable bonds is 2. The Labute approximate surface area is 319 Å². The molecule has 1 aliphatic carbocycles. The quantitative estimate of drug-likeness (QED) is 0.179. The lowest BCUT2D eigenvalue weighted by Crippen LogP contribution is -2.40. The molecule has 0 atom stereocenters. The molecule has 9 aromatic rings. The fourth-order valence-electron chi connectivity index (χ4n) is 10.0. The minimum absolute atomic E-state index is 0.197. The number of nitrogens with zero attached hydrogens (tertiary/aromatic N) is 1. The number of para-hydroxylation sites is 3. The summed E-state index contributed by atoms with van der Waals surface area (Å²) in [5.41, 5.74) is 16.5. The molecule has 0 unspecified atom stereocenters. The van der Waals surface area contributed by atoms with E-state index in [0.717, 1.165) is 67.2 Å². The van der Waals surface area contributed by atoms with Crippen LogP contribution in [0.1, 0.15) is 47.2 Å².